The zero-order chi connectivity index (χ0) is 31.6. The predicted octanol–water partition coefficient (Wildman–Crippen LogP) is 2.09. The van der Waals surface area contributed by atoms with Crippen LogP contribution >= 0.6 is 7.26 Å². The number of para-hydroxylation sites is 2. The number of nitrogens with one attached hydrogen (secondary N) is 2. The fourth-order valence-electron chi connectivity index (χ4n) is 4.70. The highest BCUT2D eigenvalue weighted by molar-refractivity contribution is 7.99. The molecule has 10 heteroatoms. The van der Waals surface area contributed by atoms with E-state index in [0.717, 1.165) is 32.6 Å². The lowest BCUT2D eigenvalue weighted by Crippen LogP contribution is -2.58. The molecule has 1 amide bonds. The lowest BCUT2D eigenvalue weighted by Gasteiger charge is -2.29. The maximum absolute atomic E-state index is 13.8. The minimum Gasteiger partial charge on any atom is -0.397 e. The molecule has 0 aliphatic heterocycles. The Morgan fingerprint density at radius 3 is 1.55 bits per heavy atom. The second-order valence-corrected chi connectivity index (χ2v) is 13.8. The molecule has 5 rings (SSSR count). The van der Waals surface area contributed by atoms with E-state index in [0.29, 0.717) is 11.3 Å². The molecule has 5 aromatic carbocycles. The molecule has 5 aromatic rings. The summed E-state index contributed by atoms with van der Waals surface area (Å²) < 4.78 is 32.7. The average molecular weight is 629 g/mol. The molecule has 0 fully saturated rings. The number of hydrogen-bond acceptors (Lipinski definition) is 7. The summed E-state index contributed by atoms with van der Waals surface area (Å²) in [7, 11) is -7.27. The van der Waals surface area contributed by atoms with Crippen molar-refractivity contribution in [2.45, 2.75) is 6.92 Å². The minimum absolute atomic E-state index is 0.170. The molecular formula is C34H32ClN3O5P+. The van der Waals surface area contributed by atoms with Gasteiger partial charge in [0.15, 0.2) is 12.7 Å². The predicted molar refractivity (Wildman–Crippen MR) is 169 cm³/mol. The molecule has 0 aromatic heterocycles. The number of benzene rings is 5. The first kappa shape index (κ1) is 32.4. The highest BCUT2D eigenvalue weighted by Crippen LogP contribution is 2.61. The summed E-state index contributed by atoms with van der Waals surface area (Å²) in [6.45, 7) is 2.01. The Morgan fingerprint density at radius 2 is 1.11 bits per heavy atom. The van der Waals surface area contributed by atoms with E-state index in [9.17, 15) is 4.79 Å². The number of nitrogen functional groups attached to an aromatic ring is 1. The van der Waals surface area contributed by atoms with Crippen molar-refractivity contribution in [3.05, 3.63) is 162 Å². The van der Waals surface area contributed by atoms with Gasteiger partial charge in [-0.25, -0.2) is 0 Å². The quantitative estimate of drug-likeness (QED) is 0.151. The van der Waals surface area contributed by atoms with Gasteiger partial charge in [-0.3, -0.25) is 10.1 Å². The summed E-state index contributed by atoms with van der Waals surface area (Å²) in [6, 6.07) is 46.5. The SMILES string of the molecule is Cc1ccc(C(=O)N/C(=C\Nc2ccccc2N)[P+](c2ccccc2)(c2ccccc2)c2ccccc2)cc1.[O-][Cl+3]([O-])([O-])O. The van der Waals surface area contributed by atoms with E-state index < -0.39 is 17.5 Å². The van der Waals surface area contributed by atoms with E-state index >= 15 is 0 Å². The highest BCUT2D eigenvalue weighted by atomic mass is 35.7. The Kier molecular flexibility index (Phi) is 10.9. The van der Waals surface area contributed by atoms with Gasteiger partial charge < -0.3 is 11.1 Å². The molecule has 0 radical (unpaired) electrons. The Balaban J connectivity index is 0.000000818. The third-order valence-electron chi connectivity index (χ3n) is 6.67. The number of rotatable bonds is 8. The van der Waals surface area contributed by atoms with Crippen molar-refractivity contribution in [2.75, 3.05) is 11.1 Å². The Morgan fingerprint density at radius 1 is 0.705 bits per heavy atom. The van der Waals surface area contributed by atoms with Crippen molar-refractivity contribution in [1.29, 1.82) is 0 Å². The zero-order valence-corrected chi connectivity index (χ0v) is 25.5. The standard InChI is InChI=1S/C34H30N3OP.ClHO4/c1-26-21-23-27(24-22-26)34(38)37-33(25-36-32-20-12-11-19-31(32)35)39(28-13-5-2-6-14-28,29-15-7-3-8-16-29)30-17-9-4-10-18-30;2-1(3,4)5/h2-25,36H,35H2,1H3;(H,2,3,4,5)/p+1/b33-25+;. The topological polar surface area (TPSA) is 157 Å². The normalized spacial score (nSPS) is 11.6. The third-order valence-corrected chi connectivity index (χ3v) is 10.9. The molecule has 8 nitrogen and oxygen atoms in total. The van der Waals surface area contributed by atoms with Crippen LogP contribution in [0.2, 0.25) is 0 Å². The molecule has 0 spiro atoms. The summed E-state index contributed by atoms with van der Waals surface area (Å²) in [6.07, 6.45) is 1.92. The maximum Gasteiger partial charge on any atom is 0.258 e. The van der Waals surface area contributed by atoms with Gasteiger partial charge in [0.25, 0.3) is 5.91 Å². The van der Waals surface area contributed by atoms with Gasteiger partial charge in [-0.2, -0.15) is 14.0 Å². The van der Waals surface area contributed by atoms with Gasteiger partial charge in [-0.05, 0) is 67.6 Å². The van der Waals surface area contributed by atoms with Gasteiger partial charge in [0, 0.05) is 5.56 Å². The minimum atomic E-state index is -4.69. The third kappa shape index (κ3) is 8.30. The van der Waals surface area contributed by atoms with E-state index in [4.69, 9.17) is 24.4 Å². The van der Waals surface area contributed by atoms with Gasteiger partial charge >= 0.3 is 0 Å². The second-order valence-electron chi connectivity index (χ2n) is 9.65. The highest BCUT2D eigenvalue weighted by Gasteiger charge is 2.50. The van der Waals surface area contributed by atoms with Crippen molar-refractivity contribution in [1.82, 2.24) is 5.32 Å². The average Bonchev–Trinajstić information content (AvgIpc) is 3.02. The van der Waals surface area contributed by atoms with Gasteiger partial charge in [-0.15, -0.1) is 0 Å². The van der Waals surface area contributed by atoms with Crippen molar-refractivity contribution in [3.8, 4) is 0 Å². The Hall–Kier alpha value is -4.53. The van der Waals surface area contributed by atoms with Crippen LogP contribution in [0, 0.1) is 17.2 Å². The largest absolute Gasteiger partial charge is 0.397 e. The number of amides is 1. The van der Waals surface area contributed by atoms with Crippen LogP contribution < -0.4 is 46.3 Å². The number of nitrogens with two attached hydrogens (primary N) is 1. The van der Waals surface area contributed by atoms with Crippen LogP contribution in [0.25, 0.3) is 0 Å². The summed E-state index contributed by atoms with van der Waals surface area (Å²) >= 11 is 0. The second kappa shape index (κ2) is 14.8. The van der Waals surface area contributed by atoms with Crippen molar-refractivity contribution < 1.29 is 33.7 Å². The molecule has 0 atom stereocenters. The summed E-state index contributed by atoms with van der Waals surface area (Å²) in [5, 5.41) is 10.1. The lowest BCUT2D eigenvalue weighted by atomic mass is 10.1. The van der Waals surface area contributed by atoms with Crippen LogP contribution in [0.4, 0.5) is 11.4 Å². The van der Waals surface area contributed by atoms with Crippen LogP contribution in [0.1, 0.15) is 15.9 Å². The van der Waals surface area contributed by atoms with Crippen molar-refractivity contribution >= 4 is 40.5 Å². The number of carbonyl (C=O) groups excluding carboxylic acids is 1. The van der Waals surface area contributed by atoms with E-state index in [1.54, 1.807) is 0 Å². The molecule has 0 aliphatic carbocycles. The Labute approximate surface area is 259 Å². The molecule has 0 saturated heterocycles. The van der Waals surface area contributed by atoms with Gasteiger partial charge in [-0.1, -0.05) is 84.4 Å². The molecule has 0 aliphatic rings. The molecule has 0 heterocycles. The molecule has 44 heavy (non-hydrogen) atoms. The fourth-order valence-corrected chi connectivity index (χ4v) is 8.82. The smallest absolute Gasteiger partial charge is 0.258 e. The van der Waals surface area contributed by atoms with Crippen molar-refractivity contribution in [2.24, 2.45) is 0 Å². The monoisotopic (exact) mass is 628 g/mol. The molecule has 0 bridgehead atoms. The summed E-state index contributed by atoms with van der Waals surface area (Å²) in [5.74, 6) is -0.170. The number of halogens is 1. The van der Waals surface area contributed by atoms with Crippen molar-refractivity contribution in [3.63, 3.8) is 0 Å². The summed E-state index contributed by atoms with van der Waals surface area (Å²) in [5.41, 5.74) is 10.2. The zero-order valence-electron chi connectivity index (χ0n) is 23.8. The van der Waals surface area contributed by atoms with Crippen LogP contribution in [-0.2, 0) is 0 Å². The first-order valence-electron chi connectivity index (χ1n) is 13.5. The number of carbonyl (C=O) groups is 1. The Bertz CT molecular complexity index is 1580. The molecule has 0 saturated carbocycles. The first-order valence-corrected chi connectivity index (χ1v) is 16.5. The molecular weight excluding hydrogens is 597 g/mol. The van der Waals surface area contributed by atoms with Crippen LogP contribution in [0.15, 0.2) is 151 Å². The molecule has 5 N–H and O–H groups in total. The lowest BCUT2D eigenvalue weighted by molar-refractivity contribution is -1.92. The van der Waals surface area contributed by atoms with Gasteiger partial charge in [0.2, 0.25) is 0 Å². The summed E-state index contributed by atoms with van der Waals surface area (Å²) in [4.78, 5) is 13.8. The fraction of sp³-hybridized carbons (Fsp3) is 0.0294. The number of aryl methyl sites for hydroxylation is 1. The maximum atomic E-state index is 13.8. The van der Waals surface area contributed by atoms with Crippen LogP contribution in [0.3, 0.4) is 0 Å². The van der Waals surface area contributed by atoms with E-state index in [2.05, 4.69) is 83.4 Å². The van der Waals surface area contributed by atoms with Crippen LogP contribution in [-0.4, -0.2) is 10.6 Å². The van der Waals surface area contributed by atoms with Gasteiger partial charge in [0.1, 0.15) is 15.9 Å². The van der Waals surface area contributed by atoms with Crippen LogP contribution in [0.5, 0.6) is 0 Å². The molecule has 0 unspecified atom stereocenters. The first-order chi connectivity index (χ1) is 21.1. The van der Waals surface area contributed by atoms with E-state index in [-0.39, 0.29) is 5.91 Å². The number of anilines is 2. The number of hydrogen-bond donors (Lipinski definition) is 4. The van der Waals surface area contributed by atoms with E-state index in [1.165, 1.54) is 0 Å². The molecule has 224 valence electrons. The van der Waals surface area contributed by atoms with E-state index in [1.807, 2.05) is 79.9 Å². The van der Waals surface area contributed by atoms with Gasteiger partial charge in [0.05, 0.1) is 32.5 Å².